The Labute approximate surface area is 86.7 Å². The molecule has 1 aromatic rings. The minimum Gasteiger partial charge on any atom is -0.481 e. The first-order valence-corrected chi connectivity index (χ1v) is 4.79. The Balaban J connectivity index is 2.39. The number of hydrogen-bond acceptors (Lipinski definition) is 3. The lowest BCUT2D eigenvalue weighted by molar-refractivity contribution is -0.144. The summed E-state index contributed by atoms with van der Waals surface area (Å²) in [5.74, 6) is -1.42. The molecule has 0 amide bonds. The maximum atomic E-state index is 10.8. The van der Waals surface area contributed by atoms with E-state index in [-0.39, 0.29) is 0 Å². The summed E-state index contributed by atoms with van der Waals surface area (Å²) < 4.78 is 1.50. The third-order valence-corrected chi connectivity index (χ3v) is 2.55. The molecule has 2 unspecified atom stereocenters. The van der Waals surface area contributed by atoms with E-state index in [9.17, 15) is 9.90 Å². The smallest absolute Gasteiger partial charge is 0.316 e. The Morgan fingerprint density at radius 1 is 1.67 bits per heavy atom. The van der Waals surface area contributed by atoms with Crippen LogP contribution in [0.3, 0.4) is 0 Å². The highest BCUT2D eigenvalue weighted by molar-refractivity contribution is 5.90. The largest absolute Gasteiger partial charge is 0.481 e. The number of carbonyl (C=O) groups is 1. The molecule has 2 N–H and O–H groups in total. The fraction of sp³-hybridized carbons (Fsp3) is 0.400. The standard InChI is InChI=1S/C10H12N2O3/c1-2-6-3-8-11-4-7(10(14)15)9(13)12(8)5-6/h3-5,7,9,13H,2H2,1H3,(H,14,15). The van der Waals surface area contributed by atoms with Crippen molar-refractivity contribution in [3.05, 3.63) is 17.8 Å². The van der Waals surface area contributed by atoms with Crippen LogP contribution in [0.2, 0.25) is 0 Å². The van der Waals surface area contributed by atoms with E-state index in [0.29, 0.717) is 5.82 Å². The van der Waals surface area contributed by atoms with E-state index < -0.39 is 18.1 Å². The molecule has 0 spiro atoms. The lowest BCUT2D eigenvalue weighted by atomic mass is 10.1. The summed E-state index contributed by atoms with van der Waals surface area (Å²) in [5.41, 5.74) is 1.03. The summed E-state index contributed by atoms with van der Waals surface area (Å²) in [6.07, 6.45) is 2.80. The summed E-state index contributed by atoms with van der Waals surface area (Å²) in [6.45, 7) is 1.99. The first-order chi connectivity index (χ1) is 7.13. The van der Waals surface area contributed by atoms with Gasteiger partial charge in [-0.05, 0) is 18.1 Å². The molecule has 0 saturated heterocycles. The molecule has 0 bridgehead atoms. The predicted octanol–water partition coefficient (Wildman–Crippen LogP) is 0.958. The molecule has 0 radical (unpaired) electrons. The number of hydrogen-bond donors (Lipinski definition) is 2. The van der Waals surface area contributed by atoms with Gasteiger partial charge in [-0.2, -0.15) is 0 Å². The van der Waals surface area contributed by atoms with Gasteiger partial charge in [-0.15, -0.1) is 0 Å². The number of carboxylic acids is 1. The van der Waals surface area contributed by atoms with E-state index in [4.69, 9.17) is 5.11 Å². The van der Waals surface area contributed by atoms with Crippen molar-refractivity contribution in [3.8, 4) is 0 Å². The third kappa shape index (κ3) is 1.55. The lowest BCUT2D eigenvalue weighted by Crippen LogP contribution is -2.29. The zero-order valence-electron chi connectivity index (χ0n) is 8.29. The Bertz CT molecular complexity index is 422. The van der Waals surface area contributed by atoms with Crippen LogP contribution in [0.25, 0.3) is 0 Å². The van der Waals surface area contributed by atoms with Gasteiger partial charge < -0.3 is 14.8 Å². The molecular formula is C10H12N2O3. The molecule has 2 atom stereocenters. The van der Waals surface area contributed by atoms with E-state index in [1.54, 1.807) is 6.20 Å². The SMILES string of the molecule is CCc1cc2n(c1)C(O)C(C(=O)O)C=N2. The van der Waals surface area contributed by atoms with Crippen LogP contribution in [-0.2, 0) is 11.2 Å². The highest BCUT2D eigenvalue weighted by atomic mass is 16.4. The molecule has 5 nitrogen and oxygen atoms in total. The topological polar surface area (TPSA) is 74.8 Å². The third-order valence-electron chi connectivity index (χ3n) is 2.55. The number of nitrogens with zero attached hydrogens (tertiary/aromatic N) is 2. The summed E-state index contributed by atoms with van der Waals surface area (Å²) in [7, 11) is 0. The van der Waals surface area contributed by atoms with E-state index in [2.05, 4.69) is 4.99 Å². The molecule has 2 heterocycles. The number of rotatable bonds is 2. The van der Waals surface area contributed by atoms with Gasteiger partial charge in [-0.25, -0.2) is 4.99 Å². The first-order valence-electron chi connectivity index (χ1n) is 4.79. The number of aryl methyl sites for hydroxylation is 1. The summed E-state index contributed by atoms with van der Waals surface area (Å²) in [4.78, 5) is 14.8. The van der Waals surface area contributed by atoms with Gasteiger partial charge in [0.2, 0.25) is 0 Å². The van der Waals surface area contributed by atoms with Crippen molar-refractivity contribution in [2.45, 2.75) is 19.6 Å². The second-order valence-corrected chi connectivity index (χ2v) is 3.52. The number of carboxylic acid groups (broad SMARTS) is 1. The van der Waals surface area contributed by atoms with Crippen LogP contribution in [0, 0.1) is 5.92 Å². The monoisotopic (exact) mass is 208 g/mol. The Morgan fingerprint density at radius 2 is 2.40 bits per heavy atom. The number of fused-ring (bicyclic) bond motifs is 1. The van der Waals surface area contributed by atoms with Gasteiger partial charge in [0, 0.05) is 12.4 Å². The van der Waals surface area contributed by atoms with Crippen molar-refractivity contribution in [3.63, 3.8) is 0 Å². The molecule has 80 valence electrons. The quantitative estimate of drug-likeness (QED) is 0.760. The van der Waals surface area contributed by atoms with Gasteiger partial charge in [-0.1, -0.05) is 6.92 Å². The van der Waals surface area contributed by atoms with Crippen LogP contribution in [0.4, 0.5) is 5.82 Å². The van der Waals surface area contributed by atoms with Crippen molar-refractivity contribution < 1.29 is 15.0 Å². The molecule has 1 aromatic heterocycles. The van der Waals surface area contributed by atoms with Crippen molar-refractivity contribution in [2.24, 2.45) is 10.9 Å². The van der Waals surface area contributed by atoms with Crippen molar-refractivity contribution in [1.82, 2.24) is 4.57 Å². The molecule has 15 heavy (non-hydrogen) atoms. The Morgan fingerprint density at radius 3 is 3.00 bits per heavy atom. The number of aliphatic hydroxyl groups is 1. The average molecular weight is 208 g/mol. The second-order valence-electron chi connectivity index (χ2n) is 3.52. The molecule has 0 aliphatic carbocycles. The van der Waals surface area contributed by atoms with Crippen LogP contribution in [0.1, 0.15) is 18.7 Å². The molecule has 2 rings (SSSR count). The lowest BCUT2D eigenvalue weighted by Gasteiger charge is -2.22. The molecule has 0 saturated carbocycles. The summed E-state index contributed by atoms with van der Waals surface area (Å²) >= 11 is 0. The van der Waals surface area contributed by atoms with Gasteiger partial charge in [0.25, 0.3) is 0 Å². The van der Waals surface area contributed by atoms with Gasteiger partial charge >= 0.3 is 5.97 Å². The van der Waals surface area contributed by atoms with Crippen LogP contribution >= 0.6 is 0 Å². The fourth-order valence-corrected chi connectivity index (χ4v) is 1.63. The van der Waals surface area contributed by atoms with Gasteiger partial charge in [0.15, 0.2) is 0 Å². The van der Waals surface area contributed by atoms with Gasteiger partial charge in [0.05, 0.1) is 0 Å². The Hall–Kier alpha value is -1.62. The number of aromatic nitrogens is 1. The molecule has 1 aliphatic rings. The van der Waals surface area contributed by atoms with Crippen LogP contribution in [0.15, 0.2) is 17.3 Å². The van der Waals surface area contributed by atoms with Crippen molar-refractivity contribution in [1.29, 1.82) is 0 Å². The zero-order chi connectivity index (χ0) is 11.0. The summed E-state index contributed by atoms with van der Waals surface area (Å²) in [6, 6.07) is 1.85. The van der Waals surface area contributed by atoms with E-state index in [1.807, 2.05) is 13.0 Å². The zero-order valence-corrected chi connectivity index (χ0v) is 8.29. The number of aliphatic imine (C=N–C) groups is 1. The van der Waals surface area contributed by atoms with Gasteiger partial charge in [-0.3, -0.25) is 4.79 Å². The minimum absolute atomic E-state index is 0.608. The molecular weight excluding hydrogens is 196 g/mol. The fourth-order valence-electron chi connectivity index (χ4n) is 1.63. The van der Waals surface area contributed by atoms with E-state index in [1.165, 1.54) is 10.8 Å². The number of aliphatic hydroxyl groups excluding tert-OH is 1. The van der Waals surface area contributed by atoms with Crippen LogP contribution in [0.5, 0.6) is 0 Å². The molecule has 0 aromatic carbocycles. The Kier molecular flexibility index (Phi) is 2.32. The highest BCUT2D eigenvalue weighted by Gasteiger charge is 2.30. The highest BCUT2D eigenvalue weighted by Crippen LogP contribution is 2.29. The van der Waals surface area contributed by atoms with E-state index >= 15 is 0 Å². The maximum Gasteiger partial charge on any atom is 0.316 e. The predicted molar refractivity (Wildman–Crippen MR) is 54.3 cm³/mol. The van der Waals surface area contributed by atoms with Crippen molar-refractivity contribution >= 4 is 18.0 Å². The normalized spacial score (nSPS) is 23.9. The minimum atomic E-state index is -1.07. The second kappa shape index (κ2) is 3.51. The summed E-state index contributed by atoms with van der Waals surface area (Å²) in [5, 5.41) is 18.6. The molecule has 5 heteroatoms. The molecule has 0 fully saturated rings. The van der Waals surface area contributed by atoms with Crippen molar-refractivity contribution in [2.75, 3.05) is 0 Å². The van der Waals surface area contributed by atoms with E-state index in [0.717, 1.165) is 12.0 Å². The van der Waals surface area contributed by atoms with Gasteiger partial charge in [0.1, 0.15) is 18.0 Å². The first kappa shape index (κ1) is 9.92. The maximum absolute atomic E-state index is 10.8. The average Bonchev–Trinajstić information content (AvgIpc) is 2.61. The number of aliphatic carboxylic acids is 1. The molecule has 1 aliphatic heterocycles. The van der Waals surface area contributed by atoms with Crippen LogP contribution in [-0.4, -0.2) is 27.0 Å². The van der Waals surface area contributed by atoms with Crippen LogP contribution < -0.4 is 0 Å².